The van der Waals surface area contributed by atoms with Crippen LogP contribution in [0.4, 0.5) is 5.69 Å². The number of likely N-dealkylation sites (tertiary alicyclic amines) is 1. The summed E-state index contributed by atoms with van der Waals surface area (Å²) in [6.45, 7) is 1.65. The van der Waals surface area contributed by atoms with Crippen molar-refractivity contribution in [2.45, 2.75) is 25.4 Å². The van der Waals surface area contributed by atoms with Gasteiger partial charge in [-0.3, -0.25) is 9.59 Å². The molecule has 30 heavy (non-hydrogen) atoms. The first kappa shape index (κ1) is 20.1. The highest BCUT2D eigenvalue weighted by Crippen LogP contribution is 2.36. The Morgan fingerprint density at radius 3 is 2.43 bits per heavy atom. The van der Waals surface area contributed by atoms with E-state index in [1.807, 2.05) is 23.1 Å². The van der Waals surface area contributed by atoms with Gasteiger partial charge in [0, 0.05) is 18.7 Å². The Balaban J connectivity index is 1.64. The molecular weight excluding hydrogens is 384 g/mol. The van der Waals surface area contributed by atoms with Gasteiger partial charge in [0.25, 0.3) is 11.8 Å². The molecule has 2 heterocycles. The molecule has 2 aliphatic rings. The van der Waals surface area contributed by atoms with Crippen molar-refractivity contribution in [2.75, 3.05) is 38.8 Å². The van der Waals surface area contributed by atoms with Crippen molar-refractivity contribution >= 4 is 17.5 Å². The van der Waals surface area contributed by atoms with Crippen LogP contribution in [-0.4, -0.2) is 56.7 Å². The summed E-state index contributed by atoms with van der Waals surface area (Å²) in [7, 11) is 3.08. The Morgan fingerprint density at radius 1 is 0.967 bits per heavy atom. The van der Waals surface area contributed by atoms with E-state index in [0.717, 1.165) is 32.4 Å². The van der Waals surface area contributed by atoms with Gasteiger partial charge in [-0.2, -0.15) is 0 Å². The summed E-state index contributed by atoms with van der Waals surface area (Å²) in [6, 6.07) is 12.4. The largest absolute Gasteiger partial charge is 0.493 e. The summed E-state index contributed by atoms with van der Waals surface area (Å²) in [5, 5.41) is 0. The van der Waals surface area contributed by atoms with E-state index >= 15 is 0 Å². The van der Waals surface area contributed by atoms with Crippen LogP contribution < -0.4 is 19.1 Å². The Bertz CT molecular complexity index is 939. The lowest BCUT2D eigenvalue weighted by atomic mass is 10.1. The van der Waals surface area contributed by atoms with Crippen molar-refractivity contribution in [2.24, 2.45) is 0 Å². The van der Waals surface area contributed by atoms with Gasteiger partial charge in [-0.1, -0.05) is 12.1 Å². The number of carbonyl (C=O) groups excluding carboxylic acids is 2. The number of nitrogens with zero attached hydrogens (tertiary/aromatic N) is 2. The van der Waals surface area contributed by atoms with Gasteiger partial charge in [-0.25, -0.2) is 0 Å². The molecule has 158 valence electrons. The Morgan fingerprint density at radius 2 is 1.70 bits per heavy atom. The van der Waals surface area contributed by atoms with Crippen LogP contribution in [0.5, 0.6) is 17.2 Å². The molecule has 2 amide bonds. The molecule has 1 saturated heterocycles. The summed E-state index contributed by atoms with van der Waals surface area (Å²) in [5.74, 6) is 1.28. The molecule has 0 unspecified atom stereocenters. The molecule has 1 atom stereocenters. The van der Waals surface area contributed by atoms with Gasteiger partial charge in [-0.15, -0.1) is 0 Å². The SMILES string of the molecule is COc1ccc(C(=O)N2C[C@H](C(=O)N3CCCCC3)Oc3ccccc32)cc1OC. The first-order chi connectivity index (χ1) is 14.6. The standard InChI is InChI=1S/C23H26N2O5/c1-28-19-11-10-16(14-20(19)29-2)22(26)25-15-21(23(27)24-12-6-3-7-13-24)30-18-9-5-4-8-17(18)25/h4-5,8-11,14,21H,3,6-7,12-13,15H2,1-2H3/t21-/m1/s1. The number of carbonyl (C=O) groups is 2. The first-order valence-corrected chi connectivity index (χ1v) is 10.2. The lowest BCUT2D eigenvalue weighted by molar-refractivity contribution is -0.139. The molecule has 7 heteroatoms. The van der Waals surface area contributed by atoms with Gasteiger partial charge in [0.15, 0.2) is 17.6 Å². The average Bonchev–Trinajstić information content (AvgIpc) is 2.82. The second kappa shape index (κ2) is 8.65. The van der Waals surface area contributed by atoms with E-state index in [-0.39, 0.29) is 18.4 Å². The third kappa shape index (κ3) is 3.79. The Kier molecular flexibility index (Phi) is 5.79. The molecule has 0 saturated carbocycles. The van der Waals surface area contributed by atoms with E-state index in [9.17, 15) is 9.59 Å². The minimum Gasteiger partial charge on any atom is -0.493 e. The molecule has 7 nitrogen and oxygen atoms in total. The molecule has 2 aromatic rings. The molecule has 0 bridgehead atoms. The van der Waals surface area contributed by atoms with E-state index in [0.29, 0.717) is 28.5 Å². The van der Waals surface area contributed by atoms with Gasteiger partial charge in [0.1, 0.15) is 5.75 Å². The number of hydrogen-bond donors (Lipinski definition) is 0. The molecule has 0 radical (unpaired) electrons. The van der Waals surface area contributed by atoms with E-state index in [4.69, 9.17) is 14.2 Å². The lowest BCUT2D eigenvalue weighted by Crippen LogP contribution is -2.52. The van der Waals surface area contributed by atoms with Crippen molar-refractivity contribution in [1.29, 1.82) is 0 Å². The highest BCUT2D eigenvalue weighted by molar-refractivity contribution is 6.08. The summed E-state index contributed by atoms with van der Waals surface area (Å²) >= 11 is 0. The van der Waals surface area contributed by atoms with Gasteiger partial charge < -0.3 is 24.0 Å². The highest BCUT2D eigenvalue weighted by atomic mass is 16.5. The maximum atomic E-state index is 13.4. The third-order valence-electron chi connectivity index (χ3n) is 5.59. The van der Waals surface area contributed by atoms with Crippen LogP contribution >= 0.6 is 0 Å². The number of piperidine rings is 1. The summed E-state index contributed by atoms with van der Waals surface area (Å²) in [4.78, 5) is 30.0. The smallest absolute Gasteiger partial charge is 0.265 e. The summed E-state index contributed by atoms with van der Waals surface area (Å²) in [6.07, 6.45) is 2.43. The second-order valence-electron chi connectivity index (χ2n) is 7.45. The van der Waals surface area contributed by atoms with Crippen LogP contribution in [0.2, 0.25) is 0 Å². The number of para-hydroxylation sites is 2. The van der Waals surface area contributed by atoms with Gasteiger partial charge in [0.2, 0.25) is 0 Å². The minimum absolute atomic E-state index is 0.0608. The fourth-order valence-electron chi connectivity index (χ4n) is 4.00. The van der Waals surface area contributed by atoms with E-state index < -0.39 is 6.10 Å². The van der Waals surface area contributed by atoms with Crippen molar-refractivity contribution in [3.63, 3.8) is 0 Å². The fourth-order valence-corrected chi connectivity index (χ4v) is 4.00. The monoisotopic (exact) mass is 410 g/mol. The maximum Gasteiger partial charge on any atom is 0.265 e. The maximum absolute atomic E-state index is 13.4. The van der Waals surface area contributed by atoms with Crippen LogP contribution in [0.3, 0.4) is 0 Å². The topological polar surface area (TPSA) is 68.3 Å². The molecule has 1 fully saturated rings. The second-order valence-corrected chi connectivity index (χ2v) is 7.45. The van der Waals surface area contributed by atoms with E-state index in [1.165, 1.54) is 7.11 Å². The molecule has 0 N–H and O–H groups in total. The lowest BCUT2D eigenvalue weighted by Gasteiger charge is -2.37. The number of amides is 2. The van der Waals surface area contributed by atoms with Crippen molar-refractivity contribution in [3.05, 3.63) is 48.0 Å². The number of rotatable bonds is 4. The summed E-state index contributed by atoms with van der Waals surface area (Å²) in [5.41, 5.74) is 1.11. The van der Waals surface area contributed by atoms with Crippen LogP contribution in [0.1, 0.15) is 29.6 Å². The number of methoxy groups -OCH3 is 2. The molecule has 2 aliphatic heterocycles. The fraction of sp³-hybridized carbons (Fsp3) is 0.391. The zero-order chi connectivity index (χ0) is 21.1. The molecule has 0 aromatic heterocycles. The van der Waals surface area contributed by atoms with Crippen LogP contribution in [0.15, 0.2) is 42.5 Å². The quantitative estimate of drug-likeness (QED) is 0.775. The minimum atomic E-state index is -0.720. The predicted molar refractivity (Wildman–Crippen MR) is 113 cm³/mol. The number of hydrogen-bond acceptors (Lipinski definition) is 5. The normalized spacial score (nSPS) is 18.3. The van der Waals surface area contributed by atoms with Gasteiger partial charge >= 0.3 is 0 Å². The molecular formula is C23H26N2O5. The molecule has 0 aliphatic carbocycles. The van der Waals surface area contributed by atoms with Crippen LogP contribution in [-0.2, 0) is 4.79 Å². The third-order valence-corrected chi connectivity index (χ3v) is 5.59. The molecule has 2 aromatic carbocycles. The Labute approximate surface area is 176 Å². The first-order valence-electron chi connectivity index (χ1n) is 10.2. The van der Waals surface area contributed by atoms with Crippen molar-refractivity contribution in [3.8, 4) is 17.2 Å². The van der Waals surface area contributed by atoms with Crippen LogP contribution in [0.25, 0.3) is 0 Å². The predicted octanol–water partition coefficient (Wildman–Crippen LogP) is 3.12. The molecule has 0 spiro atoms. The zero-order valence-electron chi connectivity index (χ0n) is 17.3. The van der Waals surface area contributed by atoms with Gasteiger partial charge in [-0.05, 0) is 49.6 Å². The zero-order valence-corrected chi connectivity index (χ0v) is 17.3. The number of anilines is 1. The van der Waals surface area contributed by atoms with E-state index in [1.54, 1.807) is 36.3 Å². The van der Waals surface area contributed by atoms with Gasteiger partial charge in [0.05, 0.1) is 26.5 Å². The summed E-state index contributed by atoms with van der Waals surface area (Å²) < 4.78 is 16.6. The van der Waals surface area contributed by atoms with E-state index in [2.05, 4.69) is 0 Å². The van der Waals surface area contributed by atoms with Crippen molar-refractivity contribution < 1.29 is 23.8 Å². The average molecular weight is 410 g/mol. The van der Waals surface area contributed by atoms with Crippen LogP contribution in [0, 0.1) is 0 Å². The number of fused-ring (bicyclic) bond motifs is 1. The molecule has 4 rings (SSSR count). The van der Waals surface area contributed by atoms with Crippen molar-refractivity contribution in [1.82, 2.24) is 4.90 Å². The highest BCUT2D eigenvalue weighted by Gasteiger charge is 2.36. The Hall–Kier alpha value is -3.22. The number of ether oxygens (including phenoxy) is 3. The number of benzene rings is 2.